The van der Waals surface area contributed by atoms with Crippen molar-refractivity contribution in [3.05, 3.63) is 23.8 Å². The summed E-state index contributed by atoms with van der Waals surface area (Å²) in [6, 6.07) is 4.52. The monoisotopic (exact) mass is 317 g/mol. The molecule has 6 nitrogen and oxygen atoms in total. The van der Waals surface area contributed by atoms with E-state index in [4.69, 9.17) is 9.47 Å². The van der Waals surface area contributed by atoms with Gasteiger partial charge in [0.15, 0.2) is 0 Å². The normalized spacial score (nSPS) is 11.9. The molecule has 0 heterocycles. The van der Waals surface area contributed by atoms with Crippen LogP contribution in [0.4, 0.5) is 0 Å². The molecule has 1 rings (SSSR count). The van der Waals surface area contributed by atoms with Crippen LogP contribution in [0.1, 0.15) is 18.9 Å². The molecule has 0 atom stereocenters. The number of methoxy groups -OCH3 is 1. The van der Waals surface area contributed by atoms with E-state index in [1.165, 1.54) is 23.5 Å². The van der Waals surface area contributed by atoms with Crippen LogP contribution >= 0.6 is 0 Å². The number of aliphatic hydroxyl groups excluding tert-OH is 1. The lowest BCUT2D eigenvalue weighted by Gasteiger charge is -2.18. The second kappa shape index (κ2) is 8.33. The third-order valence-electron chi connectivity index (χ3n) is 3.03. The first-order valence-corrected chi connectivity index (χ1v) is 8.23. The van der Waals surface area contributed by atoms with Crippen LogP contribution in [0.5, 0.6) is 5.75 Å². The molecular weight excluding hydrogens is 294 g/mol. The highest BCUT2D eigenvalue weighted by Gasteiger charge is 2.21. The van der Waals surface area contributed by atoms with E-state index in [0.29, 0.717) is 37.5 Å². The van der Waals surface area contributed by atoms with Gasteiger partial charge in [-0.1, -0.05) is 0 Å². The van der Waals surface area contributed by atoms with E-state index < -0.39 is 10.0 Å². The van der Waals surface area contributed by atoms with Gasteiger partial charge in [0, 0.05) is 32.9 Å². The molecule has 0 saturated heterocycles. The van der Waals surface area contributed by atoms with Gasteiger partial charge >= 0.3 is 0 Å². The zero-order valence-electron chi connectivity index (χ0n) is 12.7. The van der Waals surface area contributed by atoms with Crippen molar-refractivity contribution in [2.45, 2.75) is 24.8 Å². The van der Waals surface area contributed by atoms with Crippen LogP contribution in [0, 0.1) is 0 Å². The first-order valence-electron chi connectivity index (χ1n) is 6.79. The van der Waals surface area contributed by atoms with Crippen LogP contribution in [0.2, 0.25) is 0 Å². The molecule has 1 aromatic rings. The van der Waals surface area contributed by atoms with Crippen LogP contribution in [-0.2, 0) is 21.4 Å². The number of hydrogen-bond donors (Lipinski definition) is 1. The van der Waals surface area contributed by atoms with Gasteiger partial charge in [-0.3, -0.25) is 0 Å². The van der Waals surface area contributed by atoms with Crippen molar-refractivity contribution in [2.75, 3.05) is 33.9 Å². The molecule has 21 heavy (non-hydrogen) atoms. The molecule has 120 valence electrons. The fraction of sp³-hybridized carbons (Fsp3) is 0.571. The predicted molar refractivity (Wildman–Crippen MR) is 79.8 cm³/mol. The van der Waals surface area contributed by atoms with Crippen molar-refractivity contribution < 1.29 is 23.0 Å². The molecule has 0 unspecified atom stereocenters. The highest BCUT2D eigenvalue weighted by Crippen LogP contribution is 2.24. The first-order chi connectivity index (χ1) is 9.97. The molecule has 0 saturated carbocycles. The molecule has 0 fully saturated rings. The number of rotatable bonds is 9. The van der Waals surface area contributed by atoms with E-state index in [1.54, 1.807) is 13.2 Å². The number of nitrogens with zero attached hydrogens (tertiary/aromatic N) is 1. The maximum atomic E-state index is 12.4. The second-order valence-electron chi connectivity index (χ2n) is 4.53. The molecule has 0 spiro atoms. The Kier molecular flexibility index (Phi) is 7.10. The summed E-state index contributed by atoms with van der Waals surface area (Å²) < 4.78 is 36.4. The van der Waals surface area contributed by atoms with Gasteiger partial charge in [-0.25, -0.2) is 12.7 Å². The minimum atomic E-state index is -3.57. The third kappa shape index (κ3) is 4.67. The van der Waals surface area contributed by atoms with E-state index >= 15 is 0 Å². The minimum absolute atomic E-state index is 0.148. The Morgan fingerprint density at radius 2 is 2.05 bits per heavy atom. The van der Waals surface area contributed by atoms with Gasteiger partial charge in [-0.15, -0.1) is 0 Å². The molecule has 0 bridgehead atoms. The summed E-state index contributed by atoms with van der Waals surface area (Å²) in [6.07, 6.45) is 0.621. The lowest BCUT2D eigenvalue weighted by Crippen LogP contribution is -2.28. The first kappa shape index (κ1) is 17.9. The zero-order valence-corrected chi connectivity index (χ0v) is 13.5. The molecule has 0 aliphatic heterocycles. The molecule has 0 amide bonds. The number of hydrogen-bond acceptors (Lipinski definition) is 5. The summed E-state index contributed by atoms with van der Waals surface area (Å²) >= 11 is 0. The van der Waals surface area contributed by atoms with Crippen molar-refractivity contribution in [1.82, 2.24) is 4.31 Å². The van der Waals surface area contributed by atoms with Gasteiger partial charge < -0.3 is 14.6 Å². The van der Waals surface area contributed by atoms with Gasteiger partial charge in [-0.05, 0) is 31.5 Å². The number of ether oxygens (including phenoxy) is 2. The van der Waals surface area contributed by atoms with Gasteiger partial charge in [-0.2, -0.15) is 0 Å². The van der Waals surface area contributed by atoms with Crippen molar-refractivity contribution in [2.24, 2.45) is 0 Å². The highest BCUT2D eigenvalue weighted by atomic mass is 32.2. The topological polar surface area (TPSA) is 76.1 Å². The summed E-state index contributed by atoms with van der Waals surface area (Å²) in [5.41, 5.74) is 0.461. The Bertz CT molecular complexity index is 544. The molecule has 0 aliphatic carbocycles. The van der Waals surface area contributed by atoms with E-state index in [2.05, 4.69) is 0 Å². The summed E-state index contributed by atoms with van der Waals surface area (Å²) in [7, 11) is -0.467. The quantitative estimate of drug-likeness (QED) is 0.693. The van der Waals surface area contributed by atoms with Crippen molar-refractivity contribution >= 4 is 10.0 Å². The van der Waals surface area contributed by atoms with E-state index in [-0.39, 0.29) is 11.5 Å². The Hall–Kier alpha value is -1.15. The fourth-order valence-electron chi connectivity index (χ4n) is 1.87. The van der Waals surface area contributed by atoms with E-state index in [9.17, 15) is 13.5 Å². The fourth-order valence-corrected chi connectivity index (χ4v) is 3.13. The maximum Gasteiger partial charge on any atom is 0.242 e. The van der Waals surface area contributed by atoms with Crippen LogP contribution in [0.15, 0.2) is 23.1 Å². The number of sulfonamides is 1. The number of aliphatic hydroxyl groups is 1. The lowest BCUT2D eigenvalue weighted by molar-refractivity contribution is 0.189. The van der Waals surface area contributed by atoms with Crippen molar-refractivity contribution in [1.29, 1.82) is 0 Å². The Morgan fingerprint density at radius 3 is 2.62 bits per heavy atom. The standard InChI is InChI=1S/C14H23NO5S/c1-4-20-14-7-6-13(10-12(14)11-16)21(17,18)15(2)8-5-9-19-3/h6-7,10,16H,4-5,8-9,11H2,1-3H3. The largest absolute Gasteiger partial charge is 0.494 e. The SMILES string of the molecule is CCOc1ccc(S(=O)(=O)N(C)CCCOC)cc1CO. The predicted octanol–water partition coefficient (Wildman–Crippen LogP) is 1.23. The maximum absolute atomic E-state index is 12.4. The highest BCUT2D eigenvalue weighted by molar-refractivity contribution is 7.89. The molecule has 0 radical (unpaired) electrons. The zero-order chi connectivity index (χ0) is 15.9. The van der Waals surface area contributed by atoms with Crippen molar-refractivity contribution in [3.8, 4) is 5.75 Å². The third-order valence-corrected chi connectivity index (χ3v) is 4.88. The Balaban J connectivity index is 2.97. The van der Waals surface area contributed by atoms with Gasteiger partial charge in [0.1, 0.15) is 5.75 Å². The van der Waals surface area contributed by atoms with Crippen LogP contribution in [0.3, 0.4) is 0 Å². The van der Waals surface area contributed by atoms with E-state index in [0.717, 1.165) is 0 Å². The van der Waals surface area contributed by atoms with Crippen LogP contribution in [-0.4, -0.2) is 51.7 Å². The minimum Gasteiger partial charge on any atom is -0.494 e. The molecule has 1 aromatic carbocycles. The molecule has 0 aliphatic rings. The molecule has 1 N–H and O–H groups in total. The van der Waals surface area contributed by atoms with E-state index in [1.807, 2.05) is 6.92 Å². The number of benzene rings is 1. The van der Waals surface area contributed by atoms with Gasteiger partial charge in [0.25, 0.3) is 0 Å². The van der Waals surface area contributed by atoms with Crippen molar-refractivity contribution in [3.63, 3.8) is 0 Å². The van der Waals surface area contributed by atoms with Gasteiger partial charge in [0.05, 0.1) is 18.1 Å². The Morgan fingerprint density at radius 1 is 1.33 bits per heavy atom. The summed E-state index contributed by atoms with van der Waals surface area (Å²) in [6.45, 7) is 2.89. The summed E-state index contributed by atoms with van der Waals surface area (Å²) in [5, 5.41) is 9.34. The molecular formula is C14H23NO5S. The average molecular weight is 317 g/mol. The lowest BCUT2D eigenvalue weighted by atomic mass is 10.2. The second-order valence-corrected chi connectivity index (χ2v) is 6.58. The summed E-state index contributed by atoms with van der Waals surface area (Å²) in [4.78, 5) is 0.148. The average Bonchev–Trinajstić information content (AvgIpc) is 2.47. The smallest absolute Gasteiger partial charge is 0.242 e. The Labute approximate surface area is 126 Å². The van der Waals surface area contributed by atoms with Crippen LogP contribution < -0.4 is 4.74 Å². The molecule has 0 aromatic heterocycles. The molecule has 7 heteroatoms. The summed E-state index contributed by atoms with van der Waals surface area (Å²) in [5.74, 6) is 0.501. The van der Waals surface area contributed by atoms with Gasteiger partial charge in [0.2, 0.25) is 10.0 Å². The van der Waals surface area contributed by atoms with Crippen LogP contribution in [0.25, 0.3) is 0 Å².